The Morgan fingerprint density at radius 2 is 1.90 bits per heavy atom. The first-order valence-corrected chi connectivity index (χ1v) is 11.7. The molecule has 6 nitrogen and oxygen atoms in total. The molecule has 3 aromatic heterocycles. The molecule has 9 heteroatoms. The van der Waals surface area contributed by atoms with E-state index in [0.29, 0.717) is 27.8 Å². The summed E-state index contributed by atoms with van der Waals surface area (Å²) in [6.45, 7) is 0. The maximum absolute atomic E-state index is 14.3. The van der Waals surface area contributed by atoms with E-state index in [-0.39, 0.29) is 17.4 Å². The van der Waals surface area contributed by atoms with Crippen LogP contribution in [0.5, 0.6) is 0 Å². The van der Waals surface area contributed by atoms with Crippen LogP contribution in [0.4, 0.5) is 4.39 Å². The lowest BCUT2D eigenvalue weighted by molar-refractivity contribution is 0.622. The van der Waals surface area contributed by atoms with E-state index in [1.54, 1.807) is 28.7 Å². The van der Waals surface area contributed by atoms with Crippen LogP contribution in [-0.4, -0.2) is 24.1 Å². The van der Waals surface area contributed by atoms with Gasteiger partial charge in [0.2, 0.25) is 0 Å². The van der Waals surface area contributed by atoms with Crippen molar-refractivity contribution in [2.75, 3.05) is 0 Å². The maximum Gasteiger partial charge on any atom is 0.259 e. The quantitative estimate of drug-likeness (QED) is 0.356. The molecule has 0 radical (unpaired) electrons. The van der Waals surface area contributed by atoms with Gasteiger partial charge in [-0.25, -0.2) is 9.37 Å². The second kappa shape index (κ2) is 7.28. The molecule has 0 amide bonds. The molecule has 0 N–H and O–H groups in total. The van der Waals surface area contributed by atoms with Crippen LogP contribution in [0.3, 0.4) is 0 Å². The normalized spacial score (nSPS) is 14.0. The van der Waals surface area contributed by atoms with Gasteiger partial charge < -0.3 is 0 Å². The Kier molecular flexibility index (Phi) is 4.39. The third-order valence-electron chi connectivity index (χ3n) is 5.29. The van der Waals surface area contributed by atoms with E-state index in [0.717, 1.165) is 28.2 Å². The number of rotatable bonds is 5. The molecule has 0 bridgehead atoms. The molecular formula is C22H16FN5OS2. The van der Waals surface area contributed by atoms with Gasteiger partial charge in [0.25, 0.3) is 5.56 Å². The minimum Gasteiger partial charge on any atom is -0.299 e. The summed E-state index contributed by atoms with van der Waals surface area (Å²) in [6.07, 6.45) is 2.06. The van der Waals surface area contributed by atoms with Crippen molar-refractivity contribution in [3.63, 3.8) is 0 Å². The topological polar surface area (TPSA) is 65.1 Å². The van der Waals surface area contributed by atoms with Crippen LogP contribution in [0.2, 0.25) is 0 Å². The number of nitrogens with zero attached hydrogens (tertiary/aromatic N) is 5. The van der Waals surface area contributed by atoms with Gasteiger partial charge in [0, 0.05) is 17.9 Å². The third-order valence-corrected chi connectivity index (χ3v) is 7.29. The fraction of sp³-hybridized carbons (Fsp3) is 0.182. The van der Waals surface area contributed by atoms with Gasteiger partial charge in [-0.2, -0.15) is 0 Å². The molecule has 0 saturated heterocycles. The lowest BCUT2D eigenvalue weighted by Crippen LogP contribution is -2.13. The molecule has 154 valence electrons. The SMILES string of the molecule is O=c1cc(CSc2nnc(-c3ccccc3F)n2C2CC2)nc2sc3ccccc3n12. The number of fused-ring (bicyclic) bond motifs is 3. The molecule has 0 unspecified atom stereocenters. The first-order chi connectivity index (χ1) is 15.2. The molecular weight excluding hydrogens is 433 g/mol. The molecule has 1 aliphatic carbocycles. The second-order valence-corrected chi connectivity index (χ2v) is 9.40. The number of hydrogen-bond donors (Lipinski definition) is 0. The first kappa shape index (κ1) is 18.7. The van der Waals surface area contributed by atoms with E-state index in [1.807, 2.05) is 28.8 Å². The van der Waals surface area contributed by atoms with E-state index in [9.17, 15) is 9.18 Å². The molecule has 0 atom stereocenters. The highest BCUT2D eigenvalue weighted by atomic mass is 32.2. The predicted molar refractivity (Wildman–Crippen MR) is 120 cm³/mol. The fourth-order valence-corrected chi connectivity index (χ4v) is 5.65. The number of benzene rings is 2. The number of hydrogen-bond acceptors (Lipinski definition) is 6. The molecule has 31 heavy (non-hydrogen) atoms. The summed E-state index contributed by atoms with van der Waals surface area (Å²) in [4.78, 5) is 18.1. The maximum atomic E-state index is 14.3. The molecule has 0 aliphatic heterocycles. The number of thiazole rings is 1. The van der Waals surface area contributed by atoms with Crippen LogP contribution in [0, 0.1) is 5.82 Å². The number of para-hydroxylation sites is 1. The van der Waals surface area contributed by atoms with Gasteiger partial charge in [0.1, 0.15) is 5.82 Å². The summed E-state index contributed by atoms with van der Waals surface area (Å²) in [6, 6.07) is 16.3. The van der Waals surface area contributed by atoms with Crippen LogP contribution in [0.1, 0.15) is 24.6 Å². The van der Waals surface area contributed by atoms with Gasteiger partial charge in [0.15, 0.2) is 15.9 Å². The van der Waals surface area contributed by atoms with Crippen molar-refractivity contribution in [3.8, 4) is 11.4 Å². The summed E-state index contributed by atoms with van der Waals surface area (Å²) in [5.41, 5.74) is 1.94. The zero-order valence-electron chi connectivity index (χ0n) is 16.2. The molecule has 1 aliphatic rings. The summed E-state index contributed by atoms with van der Waals surface area (Å²) in [5, 5.41) is 9.34. The van der Waals surface area contributed by atoms with Gasteiger partial charge in [-0.15, -0.1) is 10.2 Å². The second-order valence-electron chi connectivity index (χ2n) is 7.45. The van der Waals surface area contributed by atoms with E-state index < -0.39 is 0 Å². The van der Waals surface area contributed by atoms with Gasteiger partial charge in [-0.05, 0) is 37.1 Å². The lowest BCUT2D eigenvalue weighted by atomic mass is 10.2. The van der Waals surface area contributed by atoms with Crippen molar-refractivity contribution in [3.05, 3.63) is 76.5 Å². The van der Waals surface area contributed by atoms with Crippen molar-refractivity contribution in [1.82, 2.24) is 24.1 Å². The highest BCUT2D eigenvalue weighted by Crippen LogP contribution is 2.41. The van der Waals surface area contributed by atoms with Gasteiger partial charge in [-0.1, -0.05) is 47.4 Å². The van der Waals surface area contributed by atoms with Gasteiger partial charge in [0.05, 0.1) is 21.5 Å². The van der Waals surface area contributed by atoms with Gasteiger partial charge in [-0.3, -0.25) is 13.8 Å². The van der Waals surface area contributed by atoms with Crippen molar-refractivity contribution in [2.45, 2.75) is 29.8 Å². The summed E-state index contributed by atoms with van der Waals surface area (Å²) < 4.78 is 19.0. The average molecular weight is 450 g/mol. The number of aromatic nitrogens is 5. The van der Waals surface area contributed by atoms with Crippen LogP contribution < -0.4 is 5.56 Å². The monoisotopic (exact) mass is 449 g/mol. The highest BCUT2D eigenvalue weighted by molar-refractivity contribution is 7.98. The molecule has 1 fully saturated rings. The van der Waals surface area contributed by atoms with E-state index in [1.165, 1.54) is 29.2 Å². The Bertz CT molecular complexity index is 1500. The molecule has 6 rings (SSSR count). The van der Waals surface area contributed by atoms with Crippen LogP contribution >= 0.6 is 23.1 Å². The van der Waals surface area contributed by atoms with Crippen LogP contribution in [-0.2, 0) is 5.75 Å². The number of halogens is 1. The van der Waals surface area contributed by atoms with E-state index in [4.69, 9.17) is 4.98 Å². The summed E-state index contributed by atoms with van der Waals surface area (Å²) in [5.74, 6) is 0.733. The van der Waals surface area contributed by atoms with Crippen molar-refractivity contribution in [1.29, 1.82) is 0 Å². The largest absolute Gasteiger partial charge is 0.299 e. The smallest absolute Gasteiger partial charge is 0.259 e. The lowest BCUT2D eigenvalue weighted by Gasteiger charge is -2.09. The minimum absolute atomic E-state index is 0.0891. The first-order valence-electron chi connectivity index (χ1n) is 9.92. The van der Waals surface area contributed by atoms with Crippen molar-refractivity contribution >= 4 is 38.3 Å². The molecule has 0 spiro atoms. The van der Waals surface area contributed by atoms with Crippen molar-refractivity contribution < 1.29 is 4.39 Å². The Morgan fingerprint density at radius 1 is 1.10 bits per heavy atom. The predicted octanol–water partition coefficient (Wildman–Crippen LogP) is 4.93. The Balaban J connectivity index is 1.34. The fourth-order valence-electron chi connectivity index (χ4n) is 3.70. The third kappa shape index (κ3) is 3.24. The zero-order chi connectivity index (χ0) is 20.9. The van der Waals surface area contributed by atoms with Gasteiger partial charge >= 0.3 is 0 Å². The zero-order valence-corrected chi connectivity index (χ0v) is 17.9. The average Bonchev–Trinajstić information content (AvgIpc) is 3.40. The Labute approximate surface area is 184 Å². The van der Waals surface area contributed by atoms with E-state index in [2.05, 4.69) is 10.2 Å². The summed E-state index contributed by atoms with van der Waals surface area (Å²) >= 11 is 2.98. The number of thioether (sulfide) groups is 1. The standard InChI is InChI=1S/C22H16FN5OS2/c23-16-6-2-1-5-15(16)20-25-26-22(27(20)14-9-10-14)30-12-13-11-19(29)28-17-7-3-4-8-18(17)31-21(28)24-13/h1-8,11,14H,9-10,12H2. The molecule has 1 saturated carbocycles. The molecule has 5 aromatic rings. The van der Waals surface area contributed by atoms with E-state index >= 15 is 0 Å². The van der Waals surface area contributed by atoms with Crippen LogP contribution in [0.25, 0.3) is 26.6 Å². The minimum atomic E-state index is -0.307. The Morgan fingerprint density at radius 3 is 2.74 bits per heavy atom. The summed E-state index contributed by atoms with van der Waals surface area (Å²) in [7, 11) is 0. The molecule has 2 aromatic carbocycles. The Hall–Kier alpha value is -3.04. The van der Waals surface area contributed by atoms with Crippen molar-refractivity contribution in [2.24, 2.45) is 0 Å². The van der Waals surface area contributed by atoms with Crippen LogP contribution in [0.15, 0.2) is 64.5 Å². The highest BCUT2D eigenvalue weighted by Gasteiger charge is 2.31. The molecule has 3 heterocycles.